The van der Waals surface area contributed by atoms with Crippen molar-refractivity contribution in [3.63, 3.8) is 0 Å². The van der Waals surface area contributed by atoms with Gasteiger partial charge in [0, 0.05) is 3.92 Å². The van der Waals surface area contributed by atoms with Gasteiger partial charge in [0.15, 0.2) is 0 Å². The van der Waals surface area contributed by atoms with E-state index in [2.05, 4.69) is 36.1 Å². The quantitative estimate of drug-likeness (QED) is 0.361. The van der Waals surface area contributed by atoms with E-state index in [1.807, 2.05) is 6.08 Å². The van der Waals surface area contributed by atoms with E-state index in [0.717, 1.165) is 10.3 Å². The first kappa shape index (κ1) is 6.47. The van der Waals surface area contributed by atoms with E-state index >= 15 is 0 Å². The van der Waals surface area contributed by atoms with Gasteiger partial charge in [-0.1, -0.05) is 35.6 Å². The molecule has 0 aliphatic carbocycles. The fourth-order valence-electron chi connectivity index (χ4n) is 0.230. The van der Waals surface area contributed by atoms with Crippen molar-refractivity contribution in [3.8, 4) is 0 Å². The van der Waals surface area contributed by atoms with Crippen LogP contribution in [0.2, 0.25) is 0 Å². The average Bonchev–Trinajstić information content (AvgIpc) is 1.35. The predicted octanol–water partition coefficient (Wildman–Crippen LogP) is 2.39. The molecule has 0 nitrogen and oxygen atoms in total. The van der Waals surface area contributed by atoms with Crippen LogP contribution in [0.3, 0.4) is 0 Å². The van der Waals surface area contributed by atoms with Crippen LogP contribution >= 0.6 is 22.6 Å². The van der Waals surface area contributed by atoms with E-state index in [-0.39, 0.29) is 0 Å². The third-order valence-corrected chi connectivity index (χ3v) is 1.000. The number of hydrogen-bond donors (Lipinski definition) is 0. The third kappa shape index (κ3) is 4.47. The first-order valence-electron chi connectivity index (χ1n) is 2.02. The highest BCUT2D eigenvalue weighted by molar-refractivity contribution is 14.1. The summed E-state index contributed by atoms with van der Waals surface area (Å²) in [6.07, 6.45) is 3.07. The predicted molar refractivity (Wildman–Crippen MR) is 38.3 cm³/mol. The van der Waals surface area contributed by atoms with Crippen molar-refractivity contribution < 1.29 is 0 Å². The van der Waals surface area contributed by atoms with Gasteiger partial charge < -0.3 is 0 Å². The molecule has 0 bridgehead atoms. The number of alkyl halides is 1. The lowest BCUT2D eigenvalue weighted by atomic mass is 10.3. The van der Waals surface area contributed by atoms with Crippen LogP contribution in [0.4, 0.5) is 0 Å². The fourth-order valence-corrected chi connectivity index (χ4v) is 0.589. The van der Waals surface area contributed by atoms with Gasteiger partial charge in [0.2, 0.25) is 0 Å². The molecule has 1 unspecified atom stereocenters. The van der Waals surface area contributed by atoms with Crippen LogP contribution < -0.4 is 0 Å². The number of halogens is 1. The van der Waals surface area contributed by atoms with Crippen LogP contribution in [0.1, 0.15) is 13.3 Å². The van der Waals surface area contributed by atoms with Gasteiger partial charge in [-0.15, -0.1) is 6.58 Å². The molecule has 0 spiro atoms. The molecular formula is C5H9I. The Hall–Kier alpha value is 0.470. The molecule has 0 aromatic heterocycles. The monoisotopic (exact) mass is 196 g/mol. The molecule has 0 rings (SSSR count). The summed E-state index contributed by atoms with van der Waals surface area (Å²) in [7, 11) is 0. The van der Waals surface area contributed by atoms with Crippen molar-refractivity contribution in [2.75, 3.05) is 0 Å². The van der Waals surface area contributed by atoms with E-state index in [9.17, 15) is 0 Å². The van der Waals surface area contributed by atoms with E-state index in [1.165, 1.54) is 0 Å². The van der Waals surface area contributed by atoms with Gasteiger partial charge in [-0.2, -0.15) is 0 Å². The molecule has 0 amide bonds. The molecule has 0 N–H and O–H groups in total. The summed E-state index contributed by atoms with van der Waals surface area (Å²) in [6, 6.07) is 0. The van der Waals surface area contributed by atoms with Crippen LogP contribution in [-0.2, 0) is 0 Å². The Kier molecular flexibility index (Phi) is 3.94. The van der Waals surface area contributed by atoms with Crippen molar-refractivity contribution in [3.05, 3.63) is 12.7 Å². The van der Waals surface area contributed by atoms with Gasteiger partial charge in [0.05, 0.1) is 0 Å². The normalized spacial score (nSPS) is 13.7. The second kappa shape index (κ2) is 3.65. The zero-order valence-corrected chi connectivity index (χ0v) is 6.10. The Bertz CT molecular complexity index is 39.2. The summed E-state index contributed by atoms with van der Waals surface area (Å²) >= 11 is 2.37. The van der Waals surface area contributed by atoms with E-state index in [1.54, 1.807) is 0 Å². The van der Waals surface area contributed by atoms with Gasteiger partial charge in [0.1, 0.15) is 0 Å². The molecule has 0 aromatic carbocycles. The van der Waals surface area contributed by atoms with Gasteiger partial charge in [0.25, 0.3) is 0 Å². The standard InChI is InChI=1S/C5H9I/c1-3-4-5(2)6/h3,5H,1,4H2,2H3. The average molecular weight is 196 g/mol. The molecular weight excluding hydrogens is 187 g/mol. The Morgan fingerprint density at radius 2 is 2.50 bits per heavy atom. The molecule has 0 fully saturated rings. The fraction of sp³-hybridized carbons (Fsp3) is 0.600. The molecule has 0 radical (unpaired) electrons. The molecule has 0 saturated heterocycles. The number of allylic oxidation sites excluding steroid dienone is 1. The molecule has 36 valence electrons. The number of rotatable bonds is 2. The maximum absolute atomic E-state index is 3.60. The molecule has 0 aromatic rings. The Balaban J connectivity index is 2.81. The van der Waals surface area contributed by atoms with Crippen molar-refractivity contribution in [1.29, 1.82) is 0 Å². The largest absolute Gasteiger partial charge is 0.103 e. The van der Waals surface area contributed by atoms with Crippen molar-refractivity contribution in [1.82, 2.24) is 0 Å². The van der Waals surface area contributed by atoms with Gasteiger partial charge >= 0.3 is 0 Å². The third-order valence-electron chi connectivity index (χ3n) is 0.491. The summed E-state index contributed by atoms with van der Waals surface area (Å²) in [5.41, 5.74) is 0. The van der Waals surface area contributed by atoms with Crippen LogP contribution in [0, 0.1) is 0 Å². The maximum atomic E-state index is 3.60. The summed E-state index contributed by atoms with van der Waals surface area (Å²) in [5.74, 6) is 0. The van der Waals surface area contributed by atoms with Crippen LogP contribution in [0.25, 0.3) is 0 Å². The maximum Gasteiger partial charge on any atom is 0.0116 e. The van der Waals surface area contributed by atoms with E-state index in [0.29, 0.717) is 0 Å². The Morgan fingerprint density at radius 1 is 2.00 bits per heavy atom. The van der Waals surface area contributed by atoms with Crippen LogP contribution in [-0.4, -0.2) is 3.92 Å². The zero-order chi connectivity index (χ0) is 4.99. The minimum absolute atomic E-state index is 0.750. The molecule has 1 atom stereocenters. The minimum Gasteiger partial charge on any atom is -0.103 e. The SMILES string of the molecule is C=CCC(C)I. The van der Waals surface area contributed by atoms with Gasteiger partial charge in [-0.05, 0) is 6.42 Å². The van der Waals surface area contributed by atoms with Crippen LogP contribution in [0.5, 0.6) is 0 Å². The zero-order valence-electron chi connectivity index (χ0n) is 3.95. The highest BCUT2D eigenvalue weighted by Gasteiger charge is 1.85. The highest BCUT2D eigenvalue weighted by atomic mass is 127. The lowest BCUT2D eigenvalue weighted by Gasteiger charge is -1.90. The van der Waals surface area contributed by atoms with Crippen LogP contribution in [0.15, 0.2) is 12.7 Å². The van der Waals surface area contributed by atoms with Gasteiger partial charge in [-0.25, -0.2) is 0 Å². The highest BCUT2D eigenvalue weighted by Crippen LogP contribution is 2.02. The molecule has 0 aliphatic heterocycles. The summed E-state index contributed by atoms with van der Waals surface area (Å²) in [4.78, 5) is 0. The Labute approximate surface area is 52.8 Å². The second-order valence-corrected chi connectivity index (χ2v) is 3.43. The first-order chi connectivity index (χ1) is 2.77. The van der Waals surface area contributed by atoms with E-state index in [4.69, 9.17) is 0 Å². The molecule has 1 heteroatoms. The molecule has 0 saturated carbocycles. The molecule has 0 heterocycles. The summed E-state index contributed by atoms with van der Waals surface area (Å²) in [6.45, 7) is 5.76. The second-order valence-electron chi connectivity index (χ2n) is 1.31. The van der Waals surface area contributed by atoms with Crippen molar-refractivity contribution in [2.45, 2.75) is 17.3 Å². The smallest absolute Gasteiger partial charge is 0.0116 e. The van der Waals surface area contributed by atoms with E-state index < -0.39 is 0 Å². The minimum atomic E-state index is 0.750. The first-order valence-corrected chi connectivity index (χ1v) is 3.27. The molecule has 0 aliphatic rings. The summed E-state index contributed by atoms with van der Waals surface area (Å²) in [5, 5.41) is 0. The Morgan fingerprint density at radius 3 is 2.50 bits per heavy atom. The molecule has 6 heavy (non-hydrogen) atoms. The number of hydrogen-bond acceptors (Lipinski definition) is 0. The lowest BCUT2D eigenvalue weighted by molar-refractivity contribution is 1.02. The topological polar surface area (TPSA) is 0 Å². The van der Waals surface area contributed by atoms with Gasteiger partial charge in [-0.3, -0.25) is 0 Å². The summed E-state index contributed by atoms with van der Waals surface area (Å²) < 4.78 is 0.750. The van der Waals surface area contributed by atoms with Crippen molar-refractivity contribution >= 4 is 22.6 Å². The lowest BCUT2D eigenvalue weighted by Crippen LogP contribution is -1.81. The van der Waals surface area contributed by atoms with Crippen molar-refractivity contribution in [2.24, 2.45) is 0 Å².